The molecule has 1 aromatic carbocycles. The van der Waals surface area contributed by atoms with Crippen LogP contribution in [0.2, 0.25) is 0 Å². The van der Waals surface area contributed by atoms with Crippen molar-refractivity contribution in [2.45, 2.75) is 30.6 Å². The van der Waals surface area contributed by atoms with Crippen LogP contribution >= 0.6 is 0 Å². The van der Waals surface area contributed by atoms with Gasteiger partial charge in [0.2, 0.25) is 0 Å². The van der Waals surface area contributed by atoms with Gasteiger partial charge in [0.1, 0.15) is 17.0 Å². The zero-order valence-corrected chi connectivity index (χ0v) is 16.4. The Morgan fingerprint density at radius 2 is 2.04 bits per heavy atom. The molecule has 1 saturated carbocycles. The Hall–Kier alpha value is -2.81. The number of aromatic amines is 1. The molecule has 0 saturated heterocycles. The van der Waals surface area contributed by atoms with Gasteiger partial charge in [-0.05, 0) is 37.5 Å². The van der Waals surface area contributed by atoms with Gasteiger partial charge in [-0.25, -0.2) is 17.8 Å². The fourth-order valence-corrected chi connectivity index (χ4v) is 4.47. The molecule has 2 aromatic heterocycles. The van der Waals surface area contributed by atoms with Crippen molar-refractivity contribution in [3.8, 4) is 11.1 Å². The van der Waals surface area contributed by atoms with Crippen LogP contribution < -0.4 is 5.32 Å². The van der Waals surface area contributed by atoms with Crippen molar-refractivity contribution in [3.63, 3.8) is 0 Å². The van der Waals surface area contributed by atoms with E-state index in [1.807, 2.05) is 0 Å². The van der Waals surface area contributed by atoms with Gasteiger partial charge < -0.3 is 5.32 Å². The van der Waals surface area contributed by atoms with E-state index in [1.165, 1.54) is 19.3 Å². The highest BCUT2D eigenvalue weighted by Gasteiger charge is 2.31. The van der Waals surface area contributed by atoms with Gasteiger partial charge in [0.25, 0.3) is 5.91 Å². The van der Waals surface area contributed by atoms with Gasteiger partial charge in [-0.3, -0.25) is 9.89 Å². The molecule has 9 heteroatoms. The van der Waals surface area contributed by atoms with Crippen LogP contribution in [-0.2, 0) is 9.84 Å². The van der Waals surface area contributed by atoms with E-state index in [0.29, 0.717) is 22.0 Å². The molecular formula is C19H19FN4O3S. The first-order chi connectivity index (χ1) is 13.2. The number of H-pyrrole nitrogens is 1. The zero-order valence-electron chi connectivity index (χ0n) is 15.6. The quantitative estimate of drug-likeness (QED) is 0.698. The van der Waals surface area contributed by atoms with Crippen molar-refractivity contribution < 1.29 is 17.6 Å². The maximum absolute atomic E-state index is 15.1. The summed E-state index contributed by atoms with van der Waals surface area (Å²) in [6.07, 6.45) is 4.50. The third kappa shape index (κ3) is 2.95. The lowest BCUT2D eigenvalue weighted by Gasteiger charge is -2.14. The molecule has 0 atom stereocenters. The molecule has 0 spiro atoms. The Bertz CT molecular complexity index is 1230. The summed E-state index contributed by atoms with van der Waals surface area (Å²) in [5.41, 5.74) is 2.31. The number of aromatic nitrogens is 3. The maximum atomic E-state index is 15.1. The van der Waals surface area contributed by atoms with E-state index in [0.717, 1.165) is 30.9 Å². The fraction of sp³-hybridized carbons (Fsp3) is 0.316. The molecule has 1 aliphatic rings. The number of carbonyl (C=O) groups is 1. The highest BCUT2D eigenvalue weighted by atomic mass is 32.2. The van der Waals surface area contributed by atoms with E-state index in [2.05, 4.69) is 20.5 Å². The Labute approximate surface area is 161 Å². The van der Waals surface area contributed by atoms with Crippen molar-refractivity contribution in [1.29, 1.82) is 0 Å². The van der Waals surface area contributed by atoms with E-state index in [9.17, 15) is 13.2 Å². The lowest BCUT2D eigenvalue weighted by molar-refractivity contribution is 0.0959. The molecule has 28 heavy (non-hydrogen) atoms. The Morgan fingerprint density at radius 1 is 1.32 bits per heavy atom. The summed E-state index contributed by atoms with van der Waals surface area (Å²) in [7, 11) is -2.11. The highest BCUT2D eigenvalue weighted by Crippen LogP contribution is 2.45. The molecular weight excluding hydrogens is 383 g/mol. The zero-order chi connectivity index (χ0) is 20.2. The molecule has 7 nitrogen and oxygen atoms in total. The number of sulfone groups is 1. The van der Waals surface area contributed by atoms with Crippen LogP contribution in [0.4, 0.5) is 4.39 Å². The van der Waals surface area contributed by atoms with Gasteiger partial charge >= 0.3 is 0 Å². The minimum Gasteiger partial charge on any atom is -0.354 e. The molecule has 146 valence electrons. The van der Waals surface area contributed by atoms with Crippen molar-refractivity contribution in [2.24, 2.45) is 0 Å². The number of amides is 1. The number of aryl methyl sites for hydroxylation is 1. The number of rotatable bonds is 4. The first-order valence-corrected chi connectivity index (χ1v) is 10.7. The Balaban J connectivity index is 2.09. The minimum atomic E-state index is -3.58. The fourth-order valence-electron chi connectivity index (χ4n) is 3.51. The normalized spacial score (nSPS) is 14.4. The first-order valence-electron chi connectivity index (χ1n) is 8.82. The van der Waals surface area contributed by atoms with Gasteiger partial charge in [-0.15, -0.1) is 0 Å². The average molecular weight is 402 g/mol. The number of benzene rings is 1. The molecule has 4 rings (SSSR count). The SMILES string of the molecule is CNC(=O)c1ncc2n[nH]c(C3CC3)c2c1-c1cc(C)c(S(C)(=O)=O)cc1F. The minimum absolute atomic E-state index is 0.0729. The van der Waals surface area contributed by atoms with Crippen LogP contribution in [0.5, 0.6) is 0 Å². The molecule has 2 N–H and O–H groups in total. The number of halogens is 1. The molecule has 0 aliphatic heterocycles. The van der Waals surface area contributed by atoms with Crippen LogP contribution in [-0.4, -0.2) is 42.8 Å². The second-order valence-corrected chi connectivity index (χ2v) is 9.09. The second-order valence-electron chi connectivity index (χ2n) is 7.10. The second kappa shape index (κ2) is 6.37. The third-order valence-corrected chi connectivity index (χ3v) is 6.22. The van der Waals surface area contributed by atoms with Gasteiger partial charge in [-0.2, -0.15) is 5.10 Å². The lowest BCUT2D eigenvalue weighted by atomic mass is 9.95. The Morgan fingerprint density at radius 3 is 2.64 bits per heavy atom. The Kier molecular flexibility index (Phi) is 4.22. The molecule has 2 heterocycles. The number of pyridine rings is 1. The summed E-state index contributed by atoms with van der Waals surface area (Å²) in [6.45, 7) is 1.60. The smallest absolute Gasteiger partial charge is 0.270 e. The van der Waals surface area contributed by atoms with Crippen LogP contribution in [0.3, 0.4) is 0 Å². The lowest BCUT2D eigenvalue weighted by Crippen LogP contribution is -2.20. The van der Waals surface area contributed by atoms with E-state index in [-0.39, 0.29) is 22.1 Å². The summed E-state index contributed by atoms with van der Waals surface area (Å²) in [5.74, 6) is -0.902. The van der Waals surface area contributed by atoms with E-state index in [4.69, 9.17) is 0 Å². The number of hydrogen-bond acceptors (Lipinski definition) is 5. The van der Waals surface area contributed by atoms with Gasteiger partial charge in [0.05, 0.1) is 11.1 Å². The van der Waals surface area contributed by atoms with Crippen molar-refractivity contribution in [3.05, 3.63) is 41.1 Å². The highest BCUT2D eigenvalue weighted by molar-refractivity contribution is 7.90. The number of nitrogens with one attached hydrogen (secondary N) is 2. The van der Waals surface area contributed by atoms with Crippen LogP contribution in [0, 0.1) is 12.7 Å². The predicted molar refractivity (Wildman–Crippen MR) is 102 cm³/mol. The standard InChI is InChI=1S/C19H19FN4O3S/c1-9-6-11(12(20)7-14(9)28(3,26)27)15-16-13(8-22-18(15)19(25)21-2)23-24-17(16)10-4-5-10/h6-8,10H,4-5H2,1-3H3,(H,21,25)(H,23,24). The third-order valence-electron chi connectivity index (χ3n) is 4.99. The number of fused-ring (bicyclic) bond motifs is 1. The van der Waals surface area contributed by atoms with E-state index < -0.39 is 21.6 Å². The molecule has 0 unspecified atom stereocenters. The van der Waals surface area contributed by atoms with Crippen molar-refractivity contribution >= 4 is 26.6 Å². The van der Waals surface area contributed by atoms with Gasteiger partial charge in [-0.1, -0.05) is 0 Å². The maximum Gasteiger partial charge on any atom is 0.270 e. The van der Waals surface area contributed by atoms with Crippen LogP contribution in [0.15, 0.2) is 23.2 Å². The summed E-state index contributed by atoms with van der Waals surface area (Å²) in [5, 5.41) is 10.4. The molecule has 0 radical (unpaired) electrons. The summed E-state index contributed by atoms with van der Waals surface area (Å²) in [6, 6.07) is 2.46. The van der Waals surface area contributed by atoms with E-state index in [1.54, 1.807) is 6.92 Å². The van der Waals surface area contributed by atoms with E-state index >= 15 is 4.39 Å². The number of hydrogen-bond donors (Lipinski definition) is 2. The van der Waals surface area contributed by atoms with Crippen LogP contribution in [0.25, 0.3) is 22.0 Å². The van der Waals surface area contributed by atoms with Crippen LogP contribution in [0.1, 0.15) is 40.5 Å². The monoisotopic (exact) mass is 402 g/mol. The molecule has 3 aromatic rings. The molecule has 1 fully saturated rings. The summed E-state index contributed by atoms with van der Waals surface area (Å²) < 4.78 is 39.0. The van der Waals surface area contributed by atoms with Crippen molar-refractivity contribution in [1.82, 2.24) is 20.5 Å². The van der Waals surface area contributed by atoms with Gasteiger partial charge in [0.15, 0.2) is 9.84 Å². The van der Waals surface area contributed by atoms with Gasteiger partial charge in [0, 0.05) is 41.4 Å². The predicted octanol–water partition coefficient (Wildman–Crippen LogP) is 2.71. The molecule has 1 aliphatic carbocycles. The largest absolute Gasteiger partial charge is 0.354 e. The number of carbonyl (C=O) groups excluding carboxylic acids is 1. The topological polar surface area (TPSA) is 105 Å². The number of nitrogens with zero attached hydrogens (tertiary/aromatic N) is 2. The summed E-state index contributed by atoms with van der Waals surface area (Å²) >= 11 is 0. The average Bonchev–Trinajstić information content (AvgIpc) is 3.40. The summed E-state index contributed by atoms with van der Waals surface area (Å²) in [4.78, 5) is 16.6. The molecule has 0 bridgehead atoms. The first kappa shape index (κ1) is 18.5. The van der Waals surface area contributed by atoms with Crippen molar-refractivity contribution in [2.75, 3.05) is 13.3 Å². The molecule has 1 amide bonds.